The van der Waals surface area contributed by atoms with Crippen LogP contribution in [0, 0.1) is 6.92 Å². The molecule has 1 aromatic rings. The van der Waals surface area contributed by atoms with Gasteiger partial charge in [0.15, 0.2) is 0 Å². The van der Waals surface area contributed by atoms with Gasteiger partial charge in [0.05, 0.1) is 0 Å². The van der Waals surface area contributed by atoms with Crippen LogP contribution >= 0.6 is 0 Å². The minimum Gasteiger partial charge on any atom is -0.507 e. The Morgan fingerprint density at radius 2 is 1.21 bits per heavy atom. The molecule has 0 unspecified atom stereocenters. The van der Waals surface area contributed by atoms with Crippen LogP contribution < -0.4 is 0 Å². The Bertz CT molecular complexity index is 523. The van der Waals surface area contributed by atoms with Crippen molar-refractivity contribution in [2.75, 3.05) is 0 Å². The minimum atomic E-state index is 0.201. The minimum absolute atomic E-state index is 0.201. The Morgan fingerprint density at radius 1 is 0.714 bits per heavy atom. The van der Waals surface area contributed by atoms with Crippen molar-refractivity contribution >= 4 is 0 Å². The second-order valence-corrected chi connectivity index (χ2v) is 9.25. The fourth-order valence-corrected chi connectivity index (χ4v) is 4.54. The van der Waals surface area contributed by atoms with E-state index in [4.69, 9.17) is 0 Å². The van der Waals surface area contributed by atoms with Gasteiger partial charge in [0.2, 0.25) is 0 Å². The fourth-order valence-electron chi connectivity index (χ4n) is 4.54. The van der Waals surface area contributed by atoms with E-state index in [1.165, 1.54) is 101 Å². The number of phenols is 1. The van der Waals surface area contributed by atoms with E-state index in [9.17, 15) is 5.11 Å². The average Bonchev–Trinajstić information content (AvgIpc) is 2.69. The molecule has 1 N–H and O–H groups in total. The highest BCUT2D eigenvalue weighted by Crippen LogP contribution is 2.41. The van der Waals surface area contributed by atoms with Crippen molar-refractivity contribution in [3.63, 3.8) is 0 Å². The number of rotatable bonds is 16. The second kappa shape index (κ2) is 14.1. The van der Waals surface area contributed by atoms with Crippen molar-refractivity contribution in [1.82, 2.24) is 0 Å². The van der Waals surface area contributed by atoms with E-state index in [0.717, 1.165) is 12.0 Å². The van der Waals surface area contributed by atoms with E-state index in [-0.39, 0.29) is 5.41 Å². The molecule has 0 aromatic heterocycles. The predicted molar refractivity (Wildman–Crippen MR) is 126 cm³/mol. The topological polar surface area (TPSA) is 20.2 Å². The molecule has 0 bridgehead atoms. The number of benzene rings is 1. The van der Waals surface area contributed by atoms with E-state index in [0.29, 0.717) is 5.75 Å². The lowest BCUT2D eigenvalue weighted by atomic mass is 9.71. The molecule has 1 heteroatoms. The average molecular weight is 389 g/mol. The van der Waals surface area contributed by atoms with Gasteiger partial charge in [0.25, 0.3) is 0 Å². The number of phenolic OH excluding ortho intramolecular Hbond substituents is 1. The Hall–Kier alpha value is -0.980. The van der Waals surface area contributed by atoms with Gasteiger partial charge in [-0.2, -0.15) is 0 Å². The first-order valence-electron chi connectivity index (χ1n) is 12.3. The summed E-state index contributed by atoms with van der Waals surface area (Å²) in [4.78, 5) is 0. The van der Waals surface area contributed by atoms with Crippen molar-refractivity contribution in [3.8, 4) is 5.75 Å². The number of hydrogen-bond acceptors (Lipinski definition) is 1. The van der Waals surface area contributed by atoms with Gasteiger partial charge in [0, 0.05) is 0 Å². The van der Waals surface area contributed by atoms with Crippen molar-refractivity contribution in [3.05, 3.63) is 28.8 Å². The van der Waals surface area contributed by atoms with Crippen LogP contribution in [0.2, 0.25) is 0 Å². The van der Waals surface area contributed by atoms with Gasteiger partial charge in [-0.3, -0.25) is 0 Å². The summed E-state index contributed by atoms with van der Waals surface area (Å²) in [5, 5.41) is 10.9. The molecule has 1 nitrogen and oxygen atoms in total. The lowest BCUT2D eigenvalue weighted by molar-refractivity contribution is 0.367. The molecule has 0 fully saturated rings. The van der Waals surface area contributed by atoms with Gasteiger partial charge in [-0.1, -0.05) is 110 Å². The summed E-state index contributed by atoms with van der Waals surface area (Å²) in [6.45, 7) is 11.3. The largest absolute Gasteiger partial charge is 0.507 e. The monoisotopic (exact) mass is 388 g/mol. The summed E-state index contributed by atoms with van der Waals surface area (Å²) in [7, 11) is 0. The molecule has 0 radical (unpaired) electrons. The zero-order valence-electron chi connectivity index (χ0n) is 19.7. The highest BCUT2D eigenvalue weighted by atomic mass is 16.3. The maximum Gasteiger partial charge on any atom is 0.121 e. The summed E-state index contributed by atoms with van der Waals surface area (Å²) in [5.74, 6) is 0.569. The van der Waals surface area contributed by atoms with Crippen molar-refractivity contribution in [2.45, 2.75) is 136 Å². The van der Waals surface area contributed by atoms with E-state index in [1.807, 2.05) is 6.92 Å². The quantitative estimate of drug-likeness (QED) is 0.280. The molecule has 1 rings (SSSR count). The number of aromatic hydroxyl groups is 1. The molecule has 0 aliphatic heterocycles. The van der Waals surface area contributed by atoms with Gasteiger partial charge >= 0.3 is 0 Å². The molecule has 1 aromatic carbocycles. The van der Waals surface area contributed by atoms with Crippen LogP contribution in [0.1, 0.15) is 134 Å². The van der Waals surface area contributed by atoms with Crippen LogP contribution in [0.15, 0.2) is 12.1 Å². The summed E-state index contributed by atoms with van der Waals surface area (Å²) in [6, 6.07) is 4.47. The smallest absolute Gasteiger partial charge is 0.121 e. The highest BCUT2D eigenvalue weighted by Gasteiger charge is 2.29. The molecule has 0 heterocycles. The normalized spacial score (nSPS) is 11.9. The molecule has 0 aliphatic carbocycles. The number of hydrogen-bond donors (Lipinski definition) is 1. The third-order valence-corrected chi connectivity index (χ3v) is 6.58. The Labute approximate surface area is 176 Å². The summed E-state index contributed by atoms with van der Waals surface area (Å²) in [5.41, 5.74) is 3.92. The molecular formula is C27H48O. The van der Waals surface area contributed by atoms with Gasteiger partial charge in [0.1, 0.15) is 5.75 Å². The summed E-state index contributed by atoms with van der Waals surface area (Å²) in [6.07, 6.45) is 19.2. The Morgan fingerprint density at radius 3 is 1.75 bits per heavy atom. The Balaban J connectivity index is 2.81. The van der Waals surface area contributed by atoms with Gasteiger partial charge < -0.3 is 5.11 Å². The standard InChI is InChI=1S/C27H48O/c1-6-9-12-13-14-15-16-17-18-24-25(20-19-23(4)26(24)28)27(5,21-10-7-2)22-11-8-3/h19-20,28H,6-18,21-22H2,1-5H3. The molecule has 0 saturated heterocycles. The molecule has 0 amide bonds. The maximum absolute atomic E-state index is 10.9. The van der Waals surface area contributed by atoms with E-state index in [1.54, 1.807) is 0 Å². The van der Waals surface area contributed by atoms with Crippen LogP contribution in [0.4, 0.5) is 0 Å². The number of aryl methyl sites for hydroxylation is 1. The van der Waals surface area contributed by atoms with Gasteiger partial charge in [-0.15, -0.1) is 0 Å². The molecule has 0 atom stereocenters. The van der Waals surface area contributed by atoms with Crippen LogP contribution in [-0.4, -0.2) is 5.11 Å². The SMILES string of the molecule is CCCCCCCCCCc1c(C(C)(CCCC)CCCC)ccc(C)c1O. The molecular weight excluding hydrogens is 340 g/mol. The van der Waals surface area contributed by atoms with E-state index < -0.39 is 0 Å². The van der Waals surface area contributed by atoms with E-state index >= 15 is 0 Å². The van der Waals surface area contributed by atoms with Crippen molar-refractivity contribution in [2.24, 2.45) is 0 Å². The van der Waals surface area contributed by atoms with Crippen LogP contribution in [0.5, 0.6) is 5.75 Å². The molecule has 28 heavy (non-hydrogen) atoms. The third kappa shape index (κ3) is 8.18. The summed E-state index contributed by atoms with van der Waals surface area (Å²) >= 11 is 0. The highest BCUT2D eigenvalue weighted by molar-refractivity contribution is 5.48. The summed E-state index contributed by atoms with van der Waals surface area (Å²) < 4.78 is 0. The zero-order chi connectivity index (χ0) is 20.8. The predicted octanol–water partition coefficient (Wildman–Crippen LogP) is 9.02. The first-order valence-corrected chi connectivity index (χ1v) is 12.3. The molecule has 0 spiro atoms. The first kappa shape index (κ1) is 25.1. The van der Waals surface area contributed by atoms with E-state index in [2.05, 4.69) is 39.8 Å². The number of unbranched alkanes of at least 4 members (excludes halogenated alkanes) is 9. The van der Waals surface area contributed by atoms with Gasteiger partial charge in [-0.25, -0.2) is 0 Å². The van der Waals surface area contributed by atoms with Crippen LogP contribution in [-0.2, 0) is 11.8 Å². The van der Waals surface area contributed by atoms with Crippen molar-refractivity contribution < 1.29 is 5.11 Å². The third-order valence-electron chi connectivity index (χ3n) is 6.58. The maximum atomic E-state index is 10.9. The lowest BCUT2D eigenvalue weighted by Crippen LogP contribution is -2.24. The van der Waals surface area contributed by atoms with Gasteiger partial charge in [-0.05, 0) is 54.7 Å². The van der Waals surface area contributed by atoms with Crippen LogP contribution in [0.25, 0.3) is 0 Å². The Kier molecular flexibility index (Phi) is 12.6. The second-order valence-electron chi connectivity index (χ2n) is 9.25. The molecule has 162 valence electrons. The molecule has 0 aliphatic rings. The first-order chi connectivity index (χ1) is 13.5. The lowest BCUT2D eigenvalue weighted by Gasteiger charge is -2.33. The fraction of sp³-hybridized carbons (Fsp3) is 0.778. The zero-order valence-corrected chi connectivity index (χ0v) is 19.7. The molecule has 0 saturated carbocycles. The van der Waals surface area contributed by atoms with Crippen LogP contribution in [0.3, 0.4) is 0 Å². The van der Waals surface area contributed by atoms with Crippen molar-refractivity contribution in [1.29, 1.82) is 0 Å².